The van der Waals surface area contributed by atoms with Crippen LogP contribution in [0.4, 0.5) is 0 Å². The molecule has 0 unspecified atom stereocenters. The van der Waals surface area contributed by atoms with Crippen LogP contribution in [0, 0.1) is 20.8 Å². The van der Waals surface area contributed by atoms with Crippen LogP contribution in [0.3, 0.4) is 0 Å². The largest absolute Gasteiger partial charge is 0.338 e. The zero-order valence-corrected chi connectivity index (χ0v) is 10.8. The van der Waals surface area contributed by atoms with Gasteiger partial charge in [-0.2, -0.15) is 0 Å². The highest BCUT2D eigenvalue weighted by molar-refractivity contribution is 5.83. The zero-order chi connectivity index (χ0) is 12.7. The van der Waals surface area contributed by atoms with Crippen LogP contribution in [0.25, 0.3) is 22.4 Å². The standard InChI is InChI=1S/C15H15N3/c1-9-7-10(2)14-13(8-9)17-15(18-14)12-5-4-6-16-11(12)3/h4-8H,1-3H3,(H,17,18). The van der Waals surface area contributed by atoms with Crippen molar-refractivity contribution in [2.45, 2.75) is 20.8 Å². The summed E-state index contributed by atoms with van der Waals surface area (Å²) in [5, 5.41) is 0. The molecule has 1 aromatic carbocycles. The van der Waals surface area contributed by atoms with Crippen molar-refractivity contribution < 1.29 is 0 Å². The predicted octanol–water partition coefficient (Wildman–Crippen LogP) is 3.55. The van der Waals surface area contributed by atoms with Gasteiger partial charge in [-0.3, -0.25) is 4.98 Å². The van der Waals surface area contributed by atoms with E-state index in [0.717, 1.165) is 28.1 Å². The summed E-state index contributed by atoms with van der Waals surface area (Å²) >= 11 is 0. The van der Waals surface area contributed by atoms with Gasteiger partial charge in [0.1, 0.15) is 5.82 Å². The van der Waals surface area contributed by atoms with E-state index in [2.05, 4.69) is 40.9 Å². The first-order chi connectivity index (χ1) is 8.65. The van der Waals surface area contributed by atoms with Crippen LogP contribution in [0.15, 0.2) is 30.5 Å². The Morgan fingerprint density at radius 3 is 2.72 bits per heavy atom. The molecule has 0 spiro atoms. The molecule has 18 heavy (non-hydrogen) atoms. The second kappa shape index (κ2) is 3.95. The number of aromatic amines is 1. The van der Waals surface area contributed by atoms with E-state index in [-0.39, 0.29) is 0 Å². The van der Waals surface area contributed by atoms with Gasteiger partial charge in [0.25, 0.3) is 0 Å². The third kappa shape index (κ3) is 1.68. The maximum atomic E-state index is 4.69. The maximum absolute atomic E-state index is 4.69. The highest BCUT2D eigenvalue weighted by Gasteiger charge is 2.09. The summed E-state index contributed by atoms with van der Waals surface area (Å²) in [5.74, 6) is 0.893. The van der Waals surface area contributed by atoms with Gasteiger partial charge in [0.2, 0.25) is 0 Å². The van der Waals surface area contributed by atoms with Crippen LogP contribution in [-0.2, 0) is 0 Å². The summed E-state index contributed by atoms with van der Waals surface area (Å²) in [6.07, 6.45) is 1.80. The van der Waals surface area contributed by atoms with Gasteiger partial charge in [-0.15, -0.1) is 0 Å². The molecule has 0 bridgehead atoms. The second-order valence-electron chi connectivity index (χ2n) is 4.70. The van der Waals surface area contributed by atoms with E-state index in [4.69, 9.17) is 0 Å². The van der Waals surface area contributed by atoms with Gasteiger partial charge in [0.15, 0.2) is 0 Å². The fourth-order valence-corrected chi connectivity index (χ4v) is 2.33. The number of hydrogen-bond donors (Lipinski definition) is 1. The molecule has 1 N–H and O–H groups in total. The molecule has 3 rings (SSSR count). The Morgan fingerprint density at radius 1 is 1.11 bits per heavy atom. The number of H-pyrrole nitrogens is 1. The van der Waals surface area contributed by atoms with Crippen molar-refractivity contribution in [1.82, 2.24) is 15.0 Å². The number of rotatable bonds is 1. The molecule has 2 aromatic heterocycles. The SMILES string of the molecule is Cc1cc(C)c2nc(-c3cccnc3C)[nH]c2c1. The average molecular weight is 237 g/mol. The first-order valence-electron chi connectivity index (χ1n) is 6.04. The first-order valence-corrected chi connectivity index (χ1v) is 6.04. The highest BCUT2D eigenvalue weighted by atomic mass is 14.9. The second-order valence-corrected chi connectivity index (χ2v) is 4.70. The van der Waals surface area contributed by atoms with Gasteiger partial charge in [-0.25, -0.2) is 4.98 Å². The third-order valence-corrected chi connectivity index (χ3v) is 3.18. The number of hydrogen-bond acceptors (Lipinski definition) is 2. The zero-order valence-electron chi connectivity index (χ0n) is 10.8. The number of benzene rings is 1. The number of aryl methyl sites for hydroxylation is 3. The number of aromatic nitrogens is 3. The molecule has 0 saturated heterocycles. The molecule has 0 saturated carbocycles. The summed E-state index contributed by atoms with van der Waals surface area (Å²) < 4.78 is 0. The Labute approximate surface area is 106 Å². The molecule has 0 aliphatic heterocycles. The lowest BCUT2D eigenvalue weighted by Gasteiger charge is -1.99. The fourth-order valence-electron chi connectivity index (χ4n) is 2.33. The maximum Gasteiger partial charge on any atom is 0.140 e. The van der Waals surface area contributed by atoms with Gasteiger partial charge in [0.05, 0.1) is 11.0 Å². The van der Waals surface area contributed by atoms with Crippen molar-refractivity contribution >= 4 is 11.0 Å². The third-order valence-electron chi connectivity index (χ3n) is 3.18. The van der Waals surface area contributed by atoms with Gasteiger partial charge in [-0.1, -0.05) is 6.07 Å². The van der Waals surface area contributed by atoms with Crippen LogP contribution in [0.1, 0.15) is 16.8 Å². The van der Waals surface area contributed by atoms with Crippen LogP contribution in [0.2, 0.25) is 0 Å². The molecule has 3 nitrogen and oxygen atoms in total. The van der Waals surface area contributed by atoms with E-state index in [9.17, 15) is 0 Å². The van der Waals surface area contributed by atoms with E-state index < -0.39 is 0 Å². The van der Waals surface area contributed by atoms with Gasteiger partial charge in [-0.05, 0) is 50.1 Å². The summed E-state index contributed by atoms with van der Waals surface area (Å²) in [7, 11) is 0. The number of fused-ring (bicyclic) bond motifs is 1. The van der Waals surface area contributed by atoms with Crippen LogP contribution >= 0.6 is 0 Å². The minimum Gasteiger partial charge on any atom is -0.338 e. The fraction of sp³-hybridized carbons (Fsp3) is 0.200. The molecule has 0 aliphatic carbocycles. The summed E-state index contributed by atoms with van der Waals surface area (Å²) in [6.45, 7) is 6.19. The van der Waals surface area contributed by atoms with E-state index in [1.165, 1.54) is 11.1 Å². The summed E-state index contributed by atoms with van der Waals surface area (Å²) in [6, 6.07) is 8.27. The number of nitrogens with one attached hydrogen (secondary N) is 1. The minimum absolute atomic E-state index is 0.893. The molecule has 0 radical (unpaired) electrons. The number of imidazole rings is 1. The normalized spacial score (nSPS) is 11.1. The van der Waals surface area contributed by atoms with E-state index in [1.807, 2.05) is 19.1 Å². The number of pyridine rings is 1. The van der Waals surface area contributed by atoms with Crippen molar-refractivity contribution in [2.75, 3.05) is 0 Å². The molecule has 0 fully saturated rings. The molecule has 2 heterocycles. The van der Waals surface area contributed by atoms with Gasteiger partial charge < -0.3 is 4.98 Å². The van der Waals surface area contributed by atoms with Crippen LogP contribution in [-0.4, -0.2) is 15.0 Å². The Hall–Kier alpha value is -2.16. The monoisotopic (exact) mass is 237 g/mol. The van der Waals surface area contributed by atoms with E-state index in [1.54, 1.807) is 6.20 Å². The Bertz CT molecular complexity index is 726. The summed E-state index contributed by atoms with van der Waals surface area (Å²) in [4.78, 5) is 12.4. The van der Waals surface area contributed by atoms with Crippen molar-refractivity contribution in [3.05, 3.63) is 47.3 Å². The lowest BCUT2D eigenvalue weighted by molar-refractivity contribution is 1.18. The topological polar surface area (TPSA) is 41.6 Å². The van der Waals surface area contributed by atoms with Gasteiger partial charge in [0, 0.05) is 17.5 Å². The van der Waals surface area contributed by atoms with E-state index in [0.29, 0.717) is 0 Å². The van der Waals surface area contributed by atoms with Crippen molar-refractivity contribution in [2.24, 2.45) is 0 Å². The smallest absolute Gasteiger partial charge is 0.140 e. The highest BCUT2D eigenvalue weighted by Crippen LogP contribution is 2.24. The number of nitrogens with zero attached hydrogens (tertiary/aromatic N) is 2. The Balaban J connectivity index is 2.26. The van der Waals surface area contributed by atoms with Crippen LogP contribution in [0.5, 0.6) is 0 Å². The van der Waals surface area contributed by atoms with Crippen molar-refractivity contribution in [3.8, 4) is 11.4 Å². The Kier molecular flexibility index (Phi) is 2.40. The summed E-state index contributed by atoms with van der Waals surface area (Å²) in [5.41, 5.74) is 6.63. The Morgan fingerprint density at radius 2 is 1.94 bits per heavy atom. The quantitative estimate of drug-likeness (QED) is 0.703. The molecule has 3 heteroatoms. The molecule has 0 aliphatic rings. The van der Waals surface area contributed by atoms with E-state index >= 15 is 0 Å². The lowest BCUT2D eigenvalue weighted by Crippen LogP contribution is -1.87. The van der Waals surface area contributed by atoms with Crippen molar-refractivity contribution in [3.63, 3.8) is 0 Å². The van der Waals surface area contributed by atoms with Gasteiger partial charge >= 0.3 is 0 Å². The molecule has 3 aromatic rings. The molecule has 0 amide bonds. The van der Waals surface area contributed by atoms with Crippen LogP contribution < -0.4 is 0 Å². The minimum atomic E-state index is 0.893. The molecular formula is C15H15N3. The molecular weight excluding hydrogens is 222 g/mol. The molecule has 90 valence electrons. The average Bonchev–Trinajstić information content (AvgIpc) is 2.73. The first kappa shape index (κ1) is 11.0. The van der Waals surface area contributed by atoms with Crippen molar-refractivity contribution in [1.29, 1.82) is 0 Å². The predicted molar refractivity (Wildman–Crippen MR) is 73.5 cm³/mol. The lowest BCUT2D eigenvalue weighted by atomic mass is 10.1. The molecule has 0 atom stereocenters.